The summed E-state index contributed by atoms with van der Waals surface area (Å²) >= 11 is 0. The second kappa shape index (κ2) is 9.54. The third-order valence-electron chi connectivity index (χ3n) is 2.95. The number of carbonyl (C=O) groups excluding carboxylic acids is 2. The Kier molecular flexibility index (Phi) is 8.84. The maximum atomic E-state index is 11.7. The zero-order valence-electron chi connectivity index (χ0n) is 12.8. The molecule has 0 heterocycles. The van der Waals surface area contributed by atoms with Gasteiger partial charge in [0, 0.05) is 0 Å². The van der Waals surface area contributed by atoms with Gasteiger partial charge in [0.15, 0.2) is 0 Å². The first-order valence-corrected chi connectivity index (χ1v) is 6.86. The summed E-state index contributed by atoms with van der Waals surface area (Å²) in [6, 6.07) is 0. The van der Waals surface area contributed by atoms with Crippen LogP contribution >= 0.6 is 0 Å². The molecule has 0 aliphatic carbocycles. The number of carbonyl (C=O) groups is 2. The summed E-state index contributed by atoms with van der Waals surface area (Å²) in [6.45, 7) is 9.58. The molecule has 0 aromatic carbocycles. The molecule has 0 saturated carbocycles. The molecular formula is C16H26O3. The van der Waals surface area contributed by atoms with E-state index in [1.165, 1.54) is 12.5 Å². The Labute approximate surface area is 116 Å². The molecule has 0 spiro atoms. The van der Waals surface area contributed by atoms with Crippen LogP contribution in [0.4, 0.5) is 0 Å². The van der Waals surface area contributed by atoms with Crippen molar-refractivity contribution in [1.29, 1.82) is 0 Å². The van der Waals surface area contributed by atoms with Gasteiger partial charge in [-0.2, -0.15) is 0 Å². The second-order valence-corrected chi connectivity index (χ2v) is 4.89. The number of rotatable bonds is 8. The highest BCUT2D eigenvalue weighted by Gasteiger charge is 2.25. The van der Waals surface area contributed by atoms with Crippen LogP contribution in [0.15, 0.2) is 23.3 Å². The molecule has 0 aromatic rings. The molecule has 1 unspecified atom stereocenters. The van der Waals surface area contributed by atoms with Crippen molar-refractivity contribution >= 4 is 11.8 Å². The fourth-order valence-corrected chi connectivity index (χ4v) is 1.81. The molecule has 0 amide bonds. The number of ketones is 1. The normalized spacial score (nSPS) is 12.8. The highest BCUT2D eigenvalue weighted by molar-refractivity contribution is 5.98. The highest BCUT2D eigenvalue weighted by atomic mass is 16.5. The van der Waals surface area contributed by atoms with Gasteiger partial charge < -0.3 is 4.74 Å². The van der Waals surface area contributed by atoms with Crippen LogP contribution in [-0.4, -0.2) is 18.4 Å². The van der Waals surface area contributed by atoms with Crippen LogP contribution in [0.25, 0.3) is 0 Å². The average molecular weight is 266 g/mol. The number of Topliss-reactive ketones (excluding diaryl/α,β-unsaturated/α-hetero) is 1. The van der Waals surface area contributed by atoms with Gasteiger partial charge in [0.1, 0.15) is 11.7 Å². The molecule has 3 heteroatoms. The van der Waals surface area contributed by atoms with Crippen molar-refractivity contribution < 1.29 is 14.3 Å². The molecule has 0 aliphatic heterocycles. The summed E-state index contributed by atoms with van der Waals surface area (Å²) in [5.41, 5.74) is 2.41. The maximum Gasteiger partial charge on any atom is 0.316 e. The predicted molar refractivity (Wildman–Crippen MR) is 77.8 cm³/mol. The van der Waals surface area contributed by atoms with Gasteiger partial charge >= 0.3 is 5.97 Å². The Morgan fingerprint density at radius 1 is 1.21 bits per heavy atom. The lowest BCUT2D eigenvalue weighted by atomic mass is 9.93. The van der Waals surface area contributed by atoms with E-state index in [9.17, 15) is 9.59 Å². The van der Waals surface area contributed by atoms with E-state index in [1.807, 2.05) is 13.0 Å². The molecule has 0 N–H and O–H groups in total. The molecule has 19 heavy (non-hydrogen) atoms. The number of esters is 1. The van der Waals surface area contributed by atoms with E-state index in [0.717, 1.165) is 18.4 Å². The molecular weight excluding hydrogens is 240 g/mol. The van der Waals surface area contributed by atoms with Gasteiger partial charge in [-0.1, -0.05) is 23.3 Å². The number of ether oxygens (including phenoxy) is 1. The quantitative estimate of drug-likeness (QED) is 0.381. The first-order chi connectivity index (χ1) is 8.92. The summed E-state index contributed by atoms with van der Waals surface area (Å²) in [5, 5.41) is 0. The Balaban J connectivity index is 4.59. The van der Waals surface area contributed by atoms with Gasteiger partial charge in [-0.3, -0.25) is 9.59 Å². The van der Waals surface area contributed by atoms with Crippen molar-refractivity contribution in [3.05, 3.63) is 23.3 Å². The van der Waals surface area contributed by atoms with E-state index in [2.05, 4.69) is 19.9 Å². The van der Waals surface area contributed by atoms with E-state index in [4.69, 9.17) is 4.74 Å². The zero-order valence-corrected chi connectivity index (χ0v) is 12.8. The van der Waals surface area contributed by atoms with Crippen molar-refractivity contribution in [2.75, 3.05) is 6.61 Å². The van der Waals surface area contributed by atoms with Crippen molar-refractivity contribution in [3.63, 3.8) is 0 Å². The van der Waals surface area contributed by atoms with Gasteiger partial charge in [0.05, 0.1) is 6.61 Å². The van der Waals surface area contributed by atoms with Crippen LogP contribution in [0, 0.1) is 5.92 Å². The topological polar surface area (TPSA) is 43.4 Å². The van der Waals surface area contributed by atoms with Gasteiger partial charge in [-0.15, -0.1) is 0 Å². The maximum absolute atomic E-state index is 11.7. The lowest BCUT2D eigenvalue weighted by Crippen LogP contribution is -2.24. The Hall–Kier alpha value is -1.38. The van der Waals surface area contributed by atoms with E-state index in [1.54, 1.807) is 6.92 Å². The van der Waals surface area contributed by atoms with Crippen LogP contribution in [0.1, 0.15) is 53.9 Å². The molecule has 3 nitrogen and oxygen atoms in total. The molecule has 0 radical (unpaired) electrons. The fraction of sp³-hybridized carbons (Fsp3) is 0.625. The first kappa shape index (κ1) is 17.6. The second-order valence-electron chi connectivity index (χ2n) is 4.89. The number of hydrogen-bond donors (Lipinski definition) is 0. The predicted octanol–water partition coefficient (Wildman–Crippen LogP) is 3.84. The first-order valence-electron chi connectivity index (χ1n) is 6.86. The summed E-state index contributed by atoms with van der Waals surface area (Å²) in [5.74, 6) is -1.19. The molecule has 0 rings (SSSR count). The Morgan fingerprint density at radius 2 is 1.84 bits per heavy atom. The molecule has 108 valence electrons. The van der Waals surface area contributed by atoms with Crippen molar-refractivity contribution in [2.24, 2.45) is 5.92 Å². The smallest absolute Gasteiger partial charge is 0.316 e. The Morgan fingerprint density at radius 3 is 2.26 bits per heavy atom. The van der Waals surface area contributed by atoms with Crippen LogP contribution in [0.2, 0.25) is 0 Å². The van der Waals surface area contributed by atoms with E-state index >= 15 is 0 Å². The monoisotopic (exact) mass is 266 g/mol. The minimum Gasteiger partial charge on any atom is -0.465 e. The van der Waals surface area contributed by atoms with Crippen molar-refractivity contribution in [2.45, 2.75) is 53.9 Å². The van der Waals surface area contributed by atoms with E-state index in [-0.39, 0.29) is 5.78 Å². The molecule has 0 saturated heterocycles. The van der Waals surface area contributed by atoms with Crippen LogP contribution in [0.5, 0.6) is 0 Å². The van der Waals surface area contributed by atoms with Gasteiger partial charge in [0.2, 0.25) is 0 Å². The molecule has 1 atom stereocenters. The zero-order chi connectivity index (χ0) is 14.8. The molecule has 0 aliphatic rings. The Bertz CT molecular complexity index is 360. The van der Waals surface area contributed by atoms with Crippen molar-refractivity contribution in [1.82, 2.24) is 0 Å². The summed E-state index contributed by atoms with van der Waals surface area (Å²) in [4.78, 5) is 23.3. The largest absolute Gasteiger partial charge is 0.465 e. The summed E-state index contributed by atoms with van der Waals surface area (Å²) in [7, 11) is 0. The fourth-order valence-electron chi connectivity index (χ4n) is 1.81. The van der Waals surface area contributed by atoms with Crippen LogP contribution in [-0.2, 0) is 14.3 Å². The molecule has 0 aromatic heterocycles. The van der Waals surface area contributed by atoms with Crippen LogP contribution < -0.4 is 0 Å². The summed E-state index contributed by atoms with van der Waals surface area (Å²) in [6.07, 6.45) is 6.45. The van der Waals surface area contributed by atoms with Gasteiger partial charge in [-0.25, -0.2) is 0 Å². The lowest BCUT2D eigenvalue weighted by Gasteiger charge is -2.14. The molecule has 0 fully saturated rings. The number of allylic oxidation sites excluding steroid dienone is 4. The van der Waals surface area contributed by atoms with E-state index < -0.39 is 11.9 Å². The summed E-state index contributed by atoms with van der Waals surface area (Å²) < 4.78 is 4.95. The third kappa shape index (κ3) is 7.60. The standard InChI is InChI=1S/C16H26O3/c1-6-14(10-8-9-12(3)4)11-15(13(5)17)16(18)19-7-2/h6,9,15H,7-8,10-11H2,1-5H3/b14-6+. The minimum atomic E-state index is -0.655. The SMILES string of the molecule is C/C=C(\CCC=C(C)C)CC(C(C)=O)C(=O)OCC. The minimum absolute atomic E-state index is 0.125. The lowest BCUT2D eigenvalue weighted by molar-refractivity contribution is -0.151. The third-order valence-corrected chi connectivity index (χ3v) is 2.95. The average Bonchev–Trinajstić information content (AvgIpc) is 2.32. The van der Waals surface area contributed by atoms with Crippen LogP contribution in [0.3, 0.4) is 0 Å². The van der Waals surface area contributed by atoms with E-state index in [0.29, 0.717) is 13.0 Å². The highest BCUT2D eigenvalue weighted by Crippen LogP contribution is 2.19. The number of hydrogen-bond acceptors (Lipinski definition) is 3. The van der Waals surface area contributed by atoms with Crippen molar-refractivity contribution in [3.8, 4) is 0 Å². The van der Waals surface area contributed by atoms with Gasteiger partial charge in [-0.05, 0) is 53.9 Å². The molecule has 0 bridgehead atoms. The van der Waals surface area contributed by atoms with Gasteiger partial charge in [0.25, 0.3) is 0 Å².